The van der Waals surface area contributed by atoms with Crippen LogP contribution < -0.4 is 0 Å². The van der Waals surface area contributed by atoms with E-state index in [0.29, 0.717) is 6.54 Å². The third kappa shape index (κ3) is 7.71. The fraction of sp³-hybridized carbons (Fsp3) is 0.346. The summed E-state index contributed by atoms with van der Waals surface area (Å²) in [5.74, 6) is -0.200. The van der Waals surface area contributed by atoms with E-state index in [0.717, 1.165) is 5.56 Å². The summed E-state index contributed by atoms with van der Waals surface area (Å²) in [6.45, 7) is 12.5. The van der Waals surface area contributed by atoms with Crippen molar-refractivity contribution < 1.29 is 9.53 Å². The highest BCUT2D eigenvalue weighted by atomic mass is 16.6. The summed E-state index contributed by atoms with van der Waals surface area (Å²) in [6, 6.07) is 20.5. The largest absolute Gasteiger partial charge is 0.460 e. The van der Waals surface area contributed by atoms with Crippen LogP contribution in [0.15, 0.2) is 79.4 Å². The molecule has 0 aliphatic rings. The second-order valence-corrected chi connectivity index (χ2v) is 8.20. The maximum absolute atomic E-state index is 12.6. The van der Waals surface area contributed by atoms with Gasteiger partial charge < -0.3 is 4.74 Å². The lowest BCUT2D eigenvalue weighted by atomic mass is 10.0. The lowest BCUT2D eigenvalue weighted by Crippen LogP contribution is -2.39. The van der Waals surface area contributed by atoms with Gasteiger partial charge in [0.25, 0.3) is 0 Å². The van der Waals surface area contributed by atoms with Crippen LogP contribution in [0.3, 0.4) is 0 Å². The summed E-state index contributed by atoms with van der Waals surface area (Å²) in [5, 5.41) is 0. The van der Waals surface area contributed by atoms with Gasteiger partial charge in [-0.3, -0.25) is 9.69 Å². The number of esters is 1. The van der Waals surface area contributed by atoms with Gasteiger partial charge in [-0.05, 0) is 38.8 Å². The van der Waals surface area contributed by atoms with Crippen molar-refractivity contribution in [3.05, 3.63) is 90.5 Å². The minimum Gasteiger partial charge on any atom is -0.460 e. The first-order chi connectivity index (χ1) is 13.8. The van der Waals surface area contributed by atoms with Gasteiger partial charge in [0, 0.05) is 18.6 Å². The SMILES string of the molecule is C=CCN([C@@H](C=Cc1ccccc1)CC(=O)OC(C)(C)C)[C@@H](C)c1ccccc1. The molecule has 0 saturated heterocycles. The van der Waals surface area contributed by atoms with Crippen LogP contribution in [-0.2, 0) is 9.53 Å². The Kier molecular flexibility index (Phi) is 8.41. The van der Waals surface area contributed by atoms with E-state index in [2.05, 4.69) is 54.8 Å². The molecule has 0 unspecified atom stereocenters. The third-order valence-electron chi connectivity index (χ3n) is 4.65. The number of ether oxygens (including phenoxy) is 1. The number of hydrogen-bond donors (Lipinski definition) is 0. The van der Waals surface area contributed by atoms with Crippen LogP contribution in [0.2, 0.25) is 0 Å². The Morgan fingerprint density at radius 1 is 1.07 bits per heavy atom. The van der Waals surface area contributed by atoms with Gasteiger partial charge in [0.05, 0.1) is 6.42 Å². The highest BCUT2D eigenvalue weighted by Crippen LogP contribution is 2.25. The van der Waals surface area contributed by atoms with E-state index in [1.807, 2.05) is 63.2 Å². The number of hydrogen-bond acceptors (Lipinski definition) is 3. The first-order valence-electron chi connectivity index (χ1n) is 10.2. The molecule has 0 spiro atoms. The van der Waals surface area contributed by atoms with E-state index in [9.17, 15) is 4.79 Å². The summed E-state index contributed by atoms with van der Waals surface area (Å²) < 4.78 is 5.61. The van der Waals surface area contributed by atoms with Crippen LogP contribution in [0.1, 0.15) is 51.3 Å². The molecule has 0 fully saturated rings. The van der Waals surface area contributed by atoms with E-state index >= 15 is 0 Å². The summed E-state index contributed by atoms with van der Waals surface area (Å²) in [7, 11) is 0. The number of rotatable bonds is 9. The van der Waals surface area contributed by atoms with Crippen LogP contribution in [0.4, 0.5) is 0 Å². The summed E-state index contributed by atoms with van der Waals surface area (Å²) in [5.41, 5.74) is 1.81. The molecule has 2 aromatic carbocycles. The molecule has 0 heterocycles. The maximum atomic E-state index is 12.6. The van der Waals surface area contributed by atoms with Crippen molar-refractivity contribution in [3.8, 4) is 0 Å². The Balaban J connectivity index is 2.31. The second-order valence-electron chi connectivity index (χ2n) is 8.20. The zero-order valence-corrected chi connectivity index (χ0v) is 18.0. The molecule has 2 aromatic rings. The molecule has 0 aromatic heterocycles. The Morgan fingerprint density at radius 2 is 1.66 bits per heavy atom. The highest BCUT2D eigenvalue weighted by molar-refractivity contribution is 5.71. The third-order valence-corrected chi connectivity index (χ3v) is 4.65. The molecule has 0 bridgehead atoms. The van der Waals surface area contributed by atoms with Crippen LogP contribution in [0.25, 0.3) is 6.08 Å². The molecular weight excluding hydrogens is 358 g/mol. The van der Waals surface area contributed by atoms with Gasteiger partial charge in [0.15, 0.2) is 0 Å². The van der Waals surface area contributed by atoms with Crippen molar-refractivity contribution in [2.45, 2.75) is 51.8 Å². The second kappa shape index (κ2) is 10.8. The molecular formula is C26H33NO2. The lowest BCUT2D eigenvalue weighted by molar-refractivity contribution is -0.156. The molecule has 2 atom stereocenters. The minimum atomic E-state index is -0.501. The molecule has 2 rings (SSSR count). The van der Waals surface area contributed by atoms with Gasteiger partial charge >= 0.3 is 5.97 Å². The van der Waals surface area contributed by atoms with Crippen molar-refractivity contribution in [2.24, 2.45) is 0 Å². The van der Waals surface area contributed by atoms with E-state index in [-0.39, 0.29) is 24.5 Å². The van der Waals surface area contributed by atoms with Gasteiger partial charge in [-0.1, -0.05) is 78.9 Å². The number of carbonyl (C=O) groups excluding carboxylic acids is 1. The van der Waals surface area contributed by atoms with Crippen molar-refractivity contribution in [2.75, 3.05) is 6.54 Å². The van der Waals surface area contributed by atoms with E-state index in [1.165, 1.54) is 5.56 Å². The quantitative estimate of drug-likeness (QED) is 0.385. The molecule has 154 valence electrons. The Bertz CT molecular complexity index is 790. The fourth-order valence-corrected chi connectivity index (χ4v) is 3.29. The normalized spacial score (nSPS) is 14.0. The summed E-state index contributed by atoms with van der Waals surface area (Å²) in [6.07, 6.45) is 6.34. The Labute approximate surface area is 175 Å². The average molecular weight is 392 g/mol. The van der Waals surface area contributed by atoms with Gasteiger partial charge in [0.1, 0.15) is 5.60 Å². The maximum Gasteiger partial charge on any atom is 0.308 e. The number of benzene rings is 2. The topological polar surface area (TPSA) is 29.5 Å². The van der Waals surface area contributed by atoms with E-state index < -0.39 is 5.60 Å². The van der Waals surface area contributed by atoms with Crippen LogP contribution in [0.5, 0.6) is 0 Å². The summed E-state index contributed by atoms with van der Waals surface area (Å²) in [4.78, 5) is 14.9. The molecule has 29 heavy (non-hydrogen) atoms. The predicted molar refractivity (Wildman–Crippen MR) is 121 cm³/mol. The minimum absolute atomic E-state index is 0.113. The zero-order valence-electron chi connectivity index (χ0n) is 18.0. The monoisotopic (exact) mass is 391 g/mol. The van der Waals surface area contributed by atoms with Crippen LogP contribution in [0, 0.1) is 0 Å². The summed E-state index contributed by atoms with van der Waals surface area (Å²) >= 11 is 0. The van der Waals surface area contributed by atoms with E-state index in [1.54, 1.807) is 0 Å². The van der Waals surface area contributed by atoms with Gasteiger partial charge in [0.2, 0.25) is 0 Å². The van der Waals surface area contributed by atoms with Gasteiger partial charge in [-0.25, -0.2) is 0 Å². The van der Waals surface area contributed by atoms with Crippen LogP contribution >= 0.6 is 0 Å². The molecule has 0 amide bonds. The Hall–Kier alpha value is -2.65. The van der Waals surface area contributed by atoms with Crippen molar-refractivity contribution >= 4 is 12.0 Å². The first-order valence-corrected chi connectivity index (χ1v) is 10.2. The smallest absolute Gasteiger partial charge is 0.308 e. The molecule has 0 aliphatic carbocycles. The van der Waals surface area contributed by atoms with Crippen molar-refractivity contribution in [1.29, 1.82) is 0 Å². The fourth-order valence-electron chi connectivity index (χ4n) is 3.29. The van der Waals surface area contributed by atoms with E-state index in [4.69, 9.17) is 4.74 Å². The lowest BCUT2D eigenvalue weighted by Gasteiger charge is -2.34. The standard InChI is InChI=1S/C26H33NO2/c1-6-19-27(21(2)23-15-11-8-12-16-23)24(20-25(28)29-26(3,4)5)18-17-22-13-9-7-10-14-22/h6-18,21,24H,1,19-20H2,2-5H3/t21-,24-/m0/s1. The van der Waals surface area contributed by atoms with Gasteiger partial charge in [-0.2, -0.15) is 0 Å². The number of nitrogens with zero attached hydrogens (tertiary/aromatic N) is 1. The molecule has 3 heteroatoms. The average Bonchev–Trinajstić information content (AvgIpc) is 2.69. The van der Waals surface area contributed by atoms with Crippen molar-refractivity contribution in [1.82, 2.24) is 4.90 Å². The zero-order chi connectivity index (χ0) is 21.3. The molecule has 3 nitrogen and oxygen atoms in total. The predicted octanol–water partition coefficient (Wildman–Crippen LogP) is 6.05. The van der Waals surface area contributed by atoms with Crippen LogP contribution in [-0.4, -0.2) is 29.1 Å². The first kappa shape index (κ1) is 22.6. The van der Waals surface area contributed by atoms with Gasteiger partial charge in [-0.15, -0.1) is 6.58 Å². The highest BCUT2D eigenvalue weighted by Gasteiger charge is 2.26. The molecule has 0 N–H and O–H groups in total. The Morgan fingerprint density at radius 3 is 2.21 bits per heavy atom. The number of carbonyl (C=O) groups is 1. The molecule has 0 saturated carbocycles. The molecule has 0 radical (unpaired) electrons. The van der Waals surface area contributed by atoms with Crippen molar-refractivity contribution in [3.63, 3.8) is 0 Å². The molecule has 0 aliphatic heterocycles.